The maximum absolute atomic E-state index is 14.0. The van der Waals surface area contributed by atoms with Crippen molar-refractivity contribution in [2.75, 3.05) is 0 Å². The number of halogens is 3. The smallest absolute Gasteiger partial charge is 0.171 e. The van der Waals surface area contributed by atoms with Crippen molar-refractivity contribution < 1.29 is 13.2 Å². The molecule has 0 spiro atoms. The molecule has 0 saturated heterocycles. The number of para-hydroxylation sites is 3. The Bertz CT molecular complexity index is 4010. The summed E-state index contributed by atoms with van der Waals surface area (Å²) < 4.78 is 30.8. The summed E-state index contributed by atoms with van der Waals surface area (Å²) >= 11 is 7.19. The summed E-state index contributed by atoms with van der Waals surface area (Å²) in [5.41, 5.74) is 16.3. The number of aromatic nitrogens is 1. The van der Waals surface area contributed by atoms with Crippen molar-refractivity contribution in [3.8, 4) is 39.1 Å². The molecule has 0 amide bonds. The van der Waals surface area contributed by atoms with E-state index in [0.29, 0.717) is 11.2 Å². The van der Waals surface area contributed by atoms with E-state index < -0.39 is 0 Å². The number of hydrogen-bond acceptors (Lipinski definition) is 2. The molecule has 0 fully saturated rings. The lowest BCUT2D eigenvalue weighted by atomic mass is 9.98. The predicted octanol–water partition coefficient (Wildman–Crippen LogP) is 18.8. The molecular weight excluding hydrogens is 980 g/mol. The molecule has 3 radical (unpaired) electrons. The van der Waals surface area contributed by atoms with Crippen molar-refractivity contribution in [2.45, 2.75) is 13.8 Å². The summed E-state index contributed by atoms with van der Waals surface area (Å²) in [4.78, 5) is 0. The van der Waals surface area contributed by atoms with Gasteiger partial charge in [0.1, 0.15) is 11.2 Å². The Kier molecular flexibility index (Phi) is 12.4. The fraction of sp³-hybridized carbons (Fsp3) is 0.0323. The number of furan rings is 2. The highest BCUT2D eigenvalue weighted by Crippen LogP contribution is 2.43. The molecule has 0 N–H and O–H groups in total. The number of benzene rings is 10. The molecule has 3 heterocycles. The molecule has 3 nitrogen and oxygen atoms in total. The first-order valence-electron chi connectivity index (χ1n) is 22.2. The van der Waals surface area contributed by atoms with Gasteiger partial charge in [-0.3, -0.25) is 0 Å². The highest BCUT2D eigenvalue weighted by molar-refractivity contribution is 9.10. The van der Waals surface area contributed by atoms with Crippen LogP contribution < -0.4 is 0 Å². The topological polar surface area (TPSA) is 31.2 Å². The zero-order valence-electron chi connectivity index (χ0n) is 36.5. The van der Waals surface area contributed by atoms with Crippen molar-refractivity contribution in [2.24, 2.45) is 0 Å². The van der Waals surface area contributed by atoms with Gasteiger partial charge in [0.15, 0.2) is 17.0 Å². The molecule has 7 heteroatoms. The molecule has 3 aromatic heterocycles. The quantitative estimate of drug-likeness (QED) is 0.165. The van der Waals surface area contributed by atoms with Gasteiger partial charge in [-0.05, 0) is 106 Å². The standard InChI is InChI=1S/C30H18BrNO.C18H11FO.C13H9Br.CH4.B/c31-20-14-15-23-22-10-4-6-12-25(22)32(27(23)18-20)26-17-16-21(19-8-2-1-3-9-19)29-24-11-5-7-13-28(24)33-30(26)29;19-15-11-10-13(12-6-2-1-3-7-12)17-14-8-4-5-9-16(14)20-18(15)17;14-11-5-6-13-10(8-11)7-9-3-1-2-4-12(9)13;;/h1-18H;1-11H;1-6,8H,7H2;1H4;. The monoisotopic (exact) mass is 1020 g/mol. The second-order valence-electron chi connectivity index (χ2n) is 16.7. The van der Waals surface area contributed by atoms with Gasteiger partial charge in [0.2, 0.25) is 0 Å². The summed E-state index contributed by atoms with van der Waals surface area (Å²) in [5, 5.41) is 6.53. The summed E-state index contributed by atoms with van der Waals surface area (Å²) in [5.74, 6) is -0.323. The highest BCUT2D eigenvalue weighted by Gasteiger charge is 2.21. The van der Waals surface area contributed by atoms with Crippen LogP contribution in [0.2, 0.25) is 0 Å². The van der Waals surface area contributed by atoms with Crippen LogP contribution in [0.15, 0.2) is 236 Å². The van der Waals surface area contributed by atoms with Crippen LogP contribution in [-0.2, 0) is 6.42 Å². The SMILES string of the molecule is Brc1ccc2c(c1)Cc1ccccc1-2.Brc1ccc2c3ccccc3n(-c3ccc(-c4ccccc4)c4c3oc3ccccc34)c2c1.C.Fc1ccc(-c2ccccc2)c2c1oc1ccccc12.[B]. The van der Waals surface area contributed by atoms with E-state index in [4.69, 9.17) is 8.83 Å². The Morgan fingerprint density at radius 1 is 0.406 bits per heavy atom. The van der Waals surface area contributed by atoms with Crippen molar-refractivity contribution >= 4 is 106 Å². The molecule has 0 bridgehead atoms. The minimum atomic E-state index is -0.323. The lowest BCUT2D eigenvalue weighted by Gasteiger charge is -2.11. The van der Waals surface area contributed by atoms with Crippen LogP contribution in [0.3, 0.4) is 0 Å². The van der Waals surface area contributed by atoms with Gasteiger partial charge in [0.25, 0.3) is 0 Å². The van der Waals surface area contributed by atoms with Gasteiger partial charge >= 0.3 is 0 Å². The van der Waals surface area contributed by atoms with Crippen LogP contribution in [-0.4, -0.2) is 13.0 Å². The minimum absolute atomic E-state index is 0. The first-order chi connectivity index (χ1) is 33.0. The Morgan fingerprint density at radius 3 is 1.59 bits per heavy atom. The van der Waals surface area contributed by atoms with Gasteiger partial charge in [-0.25, -0.2) is 4.39 Å². The molecule has 14 rings (SSSR count). The minimum Gasteiger partial charge on any atom is -0.454 e. The summed E-state index contributed by atoms with van der Waals surface area (Å²) in [6.07, 6.45) is 1.07. The van der Waals surface area contributed by atoms with E-state index >= 15 is 0 Å². The summed E-state index contributed by atoms with van der Waals surface area (Å²) in [6.45, 7) is 0. The van der Waals surface area contributed by atoms with Gasteiger partial charge in [-0.15, -0.1) is 0 Å². The van der Waals surface area contributed by atoms with Crippen molar-refractivity contribution in [1.29, 1.82) is 0 Å². The molecular formula is C62H42BBr2FNO2. The van der Waals surface area contributed by atoms with Crippen LogP contribution in [0.5, 0.6) is 0 Å². The Balaban J connectivity index is 0.000000131. The lowest BCUT2D eigenvalue weighted by Crippen LogP contribution is -1.95. The summed E-state index contributed by atoms with van der Waals surface area (Å²) in [7, 11) is 0. The second kappa shape index (κ2) is 18.9. The highest BCUT2D eigenvalue weighted by atomic mass is 79.9. The van der Waals surface area contributed by atoms with E-state index in [1.807, 2.05) is 66.7 Å². The third-order valence-corrected chi connectivity index (χ3v) is 13.8. The average molecular weight is 1020 g/mol. The van der Waals surface area contributed by atoms with Crippen molar-refractivity contribution in [1.82, 2.24) is 4.57 Å². The van der Waals surface area contributed by atoms with Crippen LogP contribution in [0, 0.1) is 5.82 Å². The van der Waals surface area contributed by atoms with Gasteiger partial charge in [-0.2, -0.15) is 0 Å². The van der Waals surface area contributed by atoms with Crippen molar-refractivity contribution in [3.63, 3.8) is 0 Å². The first-order valence-corrected chi connectivity index (χ1v) is 23.8. The predicted molar refractivity (Wildman–Crippen MR) is 295 cm³/mol. The fourth-order valence-corrected chi connectivity index (χ4v) is 10.6. The average Bonchev–Trinajstić information content (AvgIpc) is 4.14. The molecule has 0 aliphatic heterocycles. The molecule has 0 unspecified atom stereocenters. The number of hydrogen-bond donors (Lipinski definition) is 0. The maximum atomic E-state index is 14.0. The Morgan fingerprint density at radius 2 is 0.899 bits per heavy atom. The zero-order valence-corrected chi connectivity index (χ0v) is 39.6. The number of rotatable bonds is 3. The molecule has 331 valence electrons. The number of fused-ring (bicyclic) bond motifs is 12. The second-order valence-corrected chi connectivity index (χ2v) is 18.5. The van der Waals surface area contributed by atoms with Gasteiger partial charge in [0.05, 0.1) is 16.7 Å². The molecule has 69 heavy (non-hydrogen) atoms. The maximum Gasteiger partial charge on any atom is 0.171 e. The van der Waals surface area contributed by atoms with E-state index in [-0.39, 0.29) is 21.7 Å². The van der Waals surface area contributed by atoms with Crippen LogP contribution in [0.4, 0.5) is 4.39 Å². The molecule has 10 aromatic carbocycles. The molecule has 13 aromatic rings. The largest absolute Gasteiger partial charge is 0.454 e. The van der Waals surface area contributed by atoms with Crippen molar-refractivity contribution in [3.05, 3.63) is 244 Å². The third-order valence-electron chi connectivity index (χ3n) is 12.8. The molecule has 1 aliphatic rings. The summed E-state index contributed by atoms with van der Waals surface area (Å²) in [6, 6.07) is 74.4. The van der Waals surface area contributed by atoms with Gasteiger partial charge < -0.3 is 13.4 Å². The zero-order chi connectivity index (χ0) is 45.0. The molecule has 0 atom stereocenters. The van der Waals surface area contributed by atoms with E-state index in [1.165, 1.54) is 60.2 Å². The van der Waals surface area contributed by atoms with E-state index in [0.717, 1.165) is 65.9 Å². The fourth-order valence-electron chi connectivity index (χ4n) is 9.82. The lowest BCUT2D eigenvalue weighted by molar-refractivity contribution is 0.584. The Hall–Kier alpha value is -7.45. The van der Waals surface area contributed by atoms with Crippen LogP contribution in [0.25, 0.3) is 105 Å². The Labute approximate surface area is 418 Å². The first kappa shape index (κ1) is 45.3. The molecule has 1 aliphatic carbocycles. The van der Waals surface area contributed by atoms with E-state index in [9.17, 15) is 4.39 Å². The van der Waals surface area contributed by atoms with Gasteiger partial charge in [0, 0.05) is 49.7 Å². The van der Waals surface area contributed by atoms with Crippen LogP contribution in [0.1, 0.15) is 18.6 Å². The normalized spacial score (nSPS) is 11.4. The van der Waals surface area contributed by atoms with Gasteiger partial charge in [-0.1, -0.05) is 203 Å². The number of nitrogens with zero attached hydrogens (tertiary/aromatic N) is 1. The molecule has 0 saturated carbocycles. The van der Waals surface area contributed by atoms with Crippen LogP contribution >= 0.6 is 31.9 Å². The van der Waals surface area contributed by atoms with E-state index in [1.54, 1.807) is 0 Å². The third kappa shape index (κ3) is 8.05. The van der Waals surface area contributed by atoms with E-state index in [2.05, 4.69) is 182 Å².